The lowest BCUT2D eigenvalue weighted by molar-refractivity contribution is -0.142. The van der Waals surface area contributed by atoms with Gasteiger partial charge >= 0.3 is 0 Å². The number of methoxy groups -OCH3 is 1. The minimum Gasteiger partial charge on any atom is -0.497 e. The summed E-state index contributed by atoms with van der Waals surface area (Å²) in [5.41, 5.74) is 3.17. The molecule has 0 aromatic heterocycles. The molecule has 2 amide bonds. The van der Waals surface area contributed by atoms with Gasteiger partial charge in [0.1, 0.15) is 17.5 Å². The van der Waals surface area contributed by atoms with Gasteiger partial charge in [-0.2, -0.15) is 0 Å². The van der Waals surface area contributed by atoms with E-state index in [1.54, 1.807) is 18.9 Å². The number of amides is 2. The summed E-state index contributed by atoms with van der Waals surface area (Å²) >= 11 is 0. The first-order valence-electron chi connectivity index (χ1n) is 10.6. The Balaban J connectivity index is 2.14. The van der Waals surface area contributed by atoms with E-state index in [0.29, 0.717) is 24.8 Å². The fraction of sp³-hybridized carbons (Fsp3) is 0.440. The molecule has 2 aromatic rings. The van der Waals surface area contributed by atoms with Crippen molar-refractivity contribution >= 4 is 11.8 Å². The van der Waals surface area contributed by atoms with Gasteiger partial charge < -0.3 is 19.7 Å². The van der Waals surface area contributed by atoms with Crippen LogP contribution in [0.2, 0.25) is 0 Å². The van der Waals surface area contributed by atoms with E-state index in [1.807, 2.05) is 70.2 Å². The van der Waals surface area contributed by atoms with Gasteiger partial charge in [-0.1, -0.05) is 32.0 Å². The predicted octanol–water partition coefficient (Wildman–Crippen LogP) is 3.88. The molecule has 2 aromatic carbocycles. The van der Waals surface area contributed by atoms with Gasteiger partial charge in [0.25, 0.3) is 5.91 Å². The predicted molar refractivity (Wildman–Crippen MR) is 122 cm³/mol. The minimum atomic E-state index is -0.628. The molecule has 1 unspecified atom stereocenters. The number of hydrogen-bond acceptors (Lipinski definition) is 4. The van der Waals surface area contributed by atoms with E-state index >= 15 is 0 Å². The summed E-state index contributed by atoms with van der Waals surface area (Å²) in [6, 6.07) is 12.6. The molecule has 6 heteroatoms. The Morgan fingerprint density at radius 2 is 1.61 bits per heavy atom. The molecule has 0 aliphatic heterocycles. The monoisotopic (exact) mass is 426 g/mol. The number of ether oxygens (including phenoxy) is 2. The summed E-state index contributed by atoms with van der Waals surface area (Å²) in [5, 5.41) is 2.92. The number of nitrogens with one attached hydrogen (secondary N) is 1. The van der Waals surface area contributed by atoms with Crippen molar-refractivity contribution in [2.75, 3.05) is 20.3 Å². The highest BCUT2D eigenvalue weighted by Crippen LogP contribution is 2.18. The minimum absolute atomic E-state index is 0.138. The summed E-state index contributed by atoms with van der Waals surface area (Å²) in [5.74, 6) is 1.28. The number of rotatable bonds is 10. The van der Waals surface area contributed by atoms with Crippen LogP contribution in [-0.2, 0) is 16.1 Å². The normalized spacial score (nSPS) is 11.7. The summed E-state index contributed by atoms with van der Waals surface area (Å²) < 4.78 is 10.9. The van der Waals surface area contributed by atoms with Crippen molar-refractivity contribution in [3.63, 3.8) is 0 Å². The van der Waals surface area contributed by atoms with Crippen molar-refractivity contribution in [1.82, 2.24) is 10.2 Å². The molecule has 2 rings (SSSR count). The molecule has 0 saturated carbocycles. The average Bonchev–Trinajstić information content (AvgIpc) is 2.76. The Labute approximate surface area is 185 Å². The second kappa shape index (κ2) is 11.4. The first-order chi connectivity index (χ1) is 14.7. The first kappa shape index (κ1) is 24.3. The fourth-order valence-corrected chi connectivity index (χ4v) is 2.99. The van der Waals surface area contributed by atoms with E-state index in [9.17, 15) is 9.59 Å². The summed E-state index contributed by atoms with van der Waals surface area (Å²) in [6.45, 7) is 10.6. The van der Waals surface area contributed by atoms with Crippen molar-refractivity contribution < 1.29 is 19.1 Å². The third-order valence-electron chi connectivity index (χ3n) is 5.20. The van der Waals surface area contributed by atoms with Gasteiger partial charge in [0, 0.05) is 13.1 Å². The third kappa shape index (κ3) is 7.31. The van der Waals surface area contributed by atoms with Crippen LogP contribution >= 0.6 is 0 Å². The zero-order chi connectivity index (χ0) is 23.0. The van der Waals surface area contributed by atoms with Crippen LogP contribution in [0.3, 0.4) is 0 Å². The van der Waals surface area contributed by atoms with Gasteiger partial charge in [0.05, 0.1) is 7.11 Å². The van der Waals surface area contributed by atoms with Crippen LogP contribution in [0.4, 0.5) is 0 Å². The molecular formula is C25H34N2O4. The number of hydrogen-bond donors (Lipinski definition) is 1. The summed E-state index contributed by atoms with van der Waals surface area (Å²) in [7, 11) is 1.61. The van der Waals surface area contributed by atoms with Gasteiger partial charge in [0.15, 0.2) is 6.61 Å². The van der Waals surface area contributed by atoms with E-state index in [4.69, 9.17) is 9.47 Å². The Bertz CT molecular complexity index is 878. The van der Waals surface area contributed by atoms with Crippen LogP contribution in [0.25, 0.3) is 0 Å². The highest BCUT2D eigenvalue weighted by molar-refractivity contribution is 5.88. The molecule has 0 heterocycles. The average molecular weight is 427 g/mol. The topological polar surface area (TPSA) is 67.9 Å². The number of carbonyl (C=O) groups excluding carboxylic acids is 2. The molecule has 168 valence electrons. The van der Waals surface area contributed by atoms with Gasteiger partial charge in [-0.3, -0.25) is 9.59 Å². The van der Waals surface area contributed by atoms with Crippen LogP contribution in [0, 0.1) is 19.8 Å². The number of carbonyl (C=O) groups is 2. The lowest BCUT2D eigenvalue weighted by Gasteiger charge is -2.29. The molecule has 0 aliphatic rings. The van der Waals surface area contributed by atoms with Gasteiger partial charge in [-0.25, -0.2) is 0 Å². The zero-order valence-corrected chi connectivity index (χ0v) is 19.4. The molecule has 0 fully saturated rings. The molecule has 0 aliphatic carbocycles. The lowest BCUT2D eigenvalue weighted by Crippen LogP contribution is -2.49. The number of benzene rings is 2. The maximum absolute atomic E-state index is 13.1. The second-order valence-electron chi connectivity index (χ2n) is 8.22. The molecule has 0 saturated heterocycles. The second-order valence-corrected chi connectivity index (χ2v) is 8.22. The highest BCUT2D eigenvalue weighted by atomic mass is 16.5. The Morgan fingerprint density at radius 1 is 0.968 bits per heavy atom. The molecule has 6 nitrogen and oxygen atoms in total. The van der Waals surface area contributed by atoms with Crippen LogP contribution in [0.5, 0.6) is 11.5 Å². The van der Waals surface area contributed by atoms with Crippen LogP contribution in [0.1, 0.15) is 37.5 Å². The van der Waals surface area contributed by atoms with Gasteiger partial charge in [-0.05, 0) is 67.6 Å². The van der Waals surface area contributed by atoms with E-state index in [1.165, 1.54) is 0 Å². The maximum atomic E-state index is 13.1. The molecule has 1 atom stereocenters. The third-order valence-corrected chi connectivity index (χ3v) is 5.20. The molecule has 0 radical (unpaired) electrons. The first-order valence-corrected chi connectivity index (χ1v) is 10.6. The van der Waals surface area contributed by atoms with E-state index in [0.717, 1.165) is 22.4 Å². The smallest absolute Gasteiger partial charge is 0.261 e. The van der Waals surface area contributed by atoms with Crippen molar-refractivity contribution in [3.8, 4) is 11.5 Å². The molecule has 31 heavy (non-hydrogen) atoms. The van der Waals surface area contributed by atoms with Gasteiger partial charge in [0.2, 0.25) is 5.91 Å². The standard InChI is InChI=1S/C25H34N2O4/c1-17(2)14-26-25(29)20(5)27(15-21-8-11-22(30-6)12-9-21)24(28)16-31-23-10-7-18(3)19(4)13-23/h7-13,17,20H,14-16H2,1-6H3,(H,26,29). The van der Waals surface area contributed by atoms with Crippen molar-refractivity contribution in [2.45, 2.75) is 47.2 Å². The van der Waals surface area contributed by atoms with Crippen LogP contribution < -0.4 is 14.8 Å². The largest absolute Gasteiger partial charge is 0.497 e. The van der Waals surface area contributed by atoms with Crippen molar-refractivity contribution in [1.29, 1.82) is 0 Å². The van der Waals surface area contributed by atoms with Crippen molar-refractivity contribution in [2.24, 2.45) is 5.92 Å². The van der Waals surface area contributed by atoms with Crippen LogP contribution in [0.15, 0.2) is 42.5 Å². The number of aryl methyl sites for hydroxylation is 2. The molecular weight excluding hydrogens is 392 g/mol. The van der Waals surface area contributed by atoms with Crippen LogP contribution in [-0.4, -0.2) is 43.0 Å². The van der Waals surface area contributed by atoms with E-state index < -0.39 is 6.04 Å². The summed E-state index contributed by atoms with van der Waals surface area (Å²) in [6.07, 6.45) is 0. The molecule has 0 bridgehead atoms. The SMILES string of the molecule is COc1ccc(CN(C(=O)COc2ccc(C)c(C)c2)C(C)C(=O)NCC(C)C)cc1. The van der Waals surface area contributed by atoms with E-state index in [2.05, 4.69) is 5.32 Å². The molecule has 1 N–H and O–H groups in total. The van der Waals surface area contributed by atoms with E-state index in [-0.39, 0.29) is 18.4 Å². The van der Waals surface area contributed by atoms with Crippen molar-refractivity contribution in [3.05, 3.63) is 59.2 Å². The lowest BCUT2D eigenvalue weighted by atomic mass is 10.1. The number of nitrogens with zero attached hydrogens (tertiary/aromatic N) is 1. The Kier molecular flexibility index (Phi) is 8.91. The molecule has 0 spiro atoms. The Morgan fingerprint density at radius 3 is 2.19 bits per heavy atom. The fourth-order valence-electron chi connectivity index (χ4n) is 2.99. The quantitative estimate of drug-likeness (QED) is 0.626. The van der Waals surface area contributed by atoms with Gasteiger partial charge in [-0.15, -0.1) is 0 Å². The maximum Gasteiger partial charge on any atom is 0.261 e. The summed E-state index contributed by atoms with van der Waals surface area (Å²) in [4.78, 5) is 27.3. The zero-order valence-electron chi connectivity index (χ0n) is 19.4. The highest BCUT2D eigenvalue weighted by Gasteiger charge is 2.26. The Hall–Kier alpha value is -3.02.